The quantitative estimate of drug-likeness (QED) is 0.850. The van der Waals surface area contributed by atoms with Crippen LogP contribution in [0.5, 0.6) is 0 Å². The minimum absolute atomic E-state index is 0.578. The number of hydrogen-bond donors (Lipinski definition) is 1. The summed E-state index contributed by atoms with van der Waals surface area (Å²) in [5, 5.41) is 8.84. The number of carboxylic acid groups (broad SMARTS) is 1. The number of aliphatic carboxylic acids is 1. The molecule has 0 aliphatic carbocycles. The predicted octanol–water partition coefficient (Wildman–Crippen LogP) is 2.30. The monoisotopic (exact) mass is 323 g/mol. The van der Waals surface area contributed by atoms with Crippen LogP contribution in [0.15, 0.2) is 18.2 Å². The minimum Gasteiger partial charge on any atom is -0.481 e. The molecule has 9 heteroatoms. The van der Waals surface area contributed by atoms with Gasteiger partial charge in [-0.1, -0.05) is 6.07 Å². The summed E-state index contributed by atoms with van der Waals surface area (Å²) in [4.78, 5) is 23.5. The first-order chi connectivity index (χ1) is 10.1. The summed E-state index contributed by atoms with van der Waals surface area (Å²) in [5.74, 6) is -9.74. The first kappa shape index (κ1) is 16.2. The van der Waals surface area contributed by atoms with Crippen molar-refractivity contribution < 1.29 is 36.6 Å². The molecule has 1 saturated heterocycles. The van der Waals surface area contributed by atoms with E-state index in [0.29, 0.717) is 4.90 Å². The number of carbonyl (C=O) groups excluding carboxylic acids is 1. The van der Waals surface area contributed by atoms with Crippen molar-refractivity contribution in [1.29, 1.82) is 0 Å². The molecule has 1 fully saturated rings. The molecule has 0 saturated carbocycles. The van der Waals surface area contributed by atoms with Gasteiger partial charge < -0.3 is 10.0 Å². The van der Waals surface area contributed by atoms with Crippen molar-refractivity contribution in [2.45, 2.75) is 6.18 Å². The molecule has 0 radical (unpaired) electrons. The first-order valence-electron chi connectivity index (χ1n) is 6.15. The van der Waals surface area contributed by atoms with Crippen molar-refractivity contribution in [1.82, 2.24) is 4.90 Å². The Morgan fingerprint density at radius 3 is 2.32 bits per heavy atom. The molecule has 0 aromatic heterocycles. The smallest absolute Gasteiger partial charge is 0.394 e. The molecule has 22 heavy (non-hydrogen) atoms. The SMILES string of the molecule is O=C(O)[C@@H]1CN(C(=O)c2cccc(F)c2F)C[C@H]1C(F)(F)F. The lowest BCUT2D eigenvalue weighted by Gasteiger charge is -2.18. The average Bonchev–Trinajstić information content (AvgIpc) is 2.86. The van der Waals surface area contributed by atoms with Crippen LogP contribution in [-0.2, 0) is 4.79 Å². The molecule has 1 aliphatic rings. The van der Waals surface area contributed by atoms with E-state index in [1.807, 2.05) is 0 Å². The Hall–Kier alpha value is -2.19. The number of carboxylic acids is 1. The van der Waals surface area contributed by atoms with Gasteiger partial charge in [-0.3, -0.25) is 9.59 Å². The lowest BCUT2D eigenvalue weighted by atomic mass is 9.96. The molecule has 0 spiro atoms. The molecule has 1 aromatic rings. The van der Waals surface area contributed by atoms with E-state index in [0.717, 1.165) is 18.2 Å². The molecule has 1 aliphatic heterocycles. The number of nitrogens with zero attached hydrogens (tertiary/aromatic N) is 1. The van der Waals surface area contributed by atoms with Crippen LogP contribution < -0.4 is 0 Å². The molecule has 0 bridgehead atoms. The Balaban J connectivity index is 2.29. The van der Waals surface area contributed by atoms with Gasteiger partial charge in [-0.25, -0.2) is 8.78 Å². The Kier molecular flexibility index (Phi) is 4.08. The predicted molar refractivity (Wildman–Crippen MR) is 62.9 cm³/mol. The Morgan fingerprint density at radius 2 is 1.82 bits per heavy atom. The van der Waals surface area contributed by atoms with Crippen LogP contribution in [0.1, 0.15) is 10.4 Å². The zero-order valence-corrected chi connectivity index (χ0v) is 10.9. The highest BCUT2D eigenvalue weighted by atomic mass is 19.4. The molecule has 1 amide bonds. The fourth-order valence-corrected chi connectivity index (χ4v) is 2.39. The molecular weight excluding hydrogens is 313 g/mol. The van der Waals surface area contributed by atoms with Crippen LogP contribution >= 0.6 is 0 Å². The van der Waals surface area contributed by atoms with Gasteiger partial charge in [-0.05, 0) is 12.1 Å². The van der Waals surface area contributed by atoms with Crippen molar-refractivity contribution >= 4 is 11.9 Å². The lowest BCUT2D eigenvalue weighted by Crippen LogP contribution is -2.34. The molecule has 0 unspecified atom stereocenters. The van der Waals surface area contributed by atoms with E-state index >= 15 is 0 Å². The molecule has 120 valence electrons. The zero-order chi connectivity index (χ0) is 16.7. The summed E-state index contributed by atoms with van der Waals surface area (Å²) in [7, 11) is 0. The van der Waals surface area contributed by atoms with E-state index < -0.39 is 60.2 Å². The number of likely N-dealkylation sites (tertiary alicyclic amines) is 1. The van der Waals surface area contributed by atoms with E-state index in [2.05, 4.69) is 0 Å². The molecule has 1 aromatic carbocycles. The number of benzene rings is 1. The number of carbonyl (C=O) groups is 2. The highest BCUT2D eigenvalue weighted by molar-refractivity contribution is 5.95. The number of alkyl halides is 3. The Morgan fingerprint density at radius 1 is 1.18 bits per heavy atom. The van der Waals surface area contributed by atoms with Crippen LogP contribution in [0, 0.1) is 23.5 Å². The van der Waals surface area contributed by atoms with E-state index in [1.165, 1.54) is 0 Å². The number of halogens is 5. The lowest BCUT2D eigenvalue weighted by molar-refractivity contribution is -0.187. The van der Waals surface area contributed by atoms with Gasteiger partial charge in [-0.2, -0.15) is 13.2 Å². The second-order valence-corrected chi connectivity index (χ2v) is 4.90. The average molecular weight is 323 g/mol. The summed E-state index contributed by atoms with van der Waals surface area (Å²) in [6, 6.07) is 2.73. The number of hydrogen-bond acceptors (Lipinski definition) is 2. The third-order valence-electron chi connectivity index (χ3n) is 3.53. The first-order valence-corrected chi connectivity index (χ1v) is 6.15. The van der Waals surface area contributed by atoms with Crippen molar-refractivity contribution in [3.8, 4) is 0 Å². The highest BCUT2D eigenvalue weighted by Crippen LogP contribution is 2.38. The number of rotatable bonds is 2. The van der Waals surface area contributed by atoms with E-state index in [-0.39, 0.29) is 0 Å². The second-order valence-electron chi connectivity index (χ2n) is 4.90. The largest absolute Gasteiger partial charge is 0.481 e. The maximum absolute atomic E-state index is 13.5. The third kappa shape index (κ3) is 2.88. The van der Waals surface area contributed by atoms with Gasteiger partial charge in [-0.15, -0.1) is 0 Å². The molecular formula is C13H10F5NO3. The van der Waals surface area contributed by atoms with Gasteiger partial charge in [0.05, 0.1) is 17.4 Å². The maximum atomic E-state index is 13.5. The fourth-order valence-electron chi connectivity index (χ4n) is 2.39. The summed E-state index contributed by atoms with van der Waals surface area (Å²) in [6.45, 7) is -1.62. The van der Waals surface area contributed by atoms with E-state index in [4.69, 9.17) is 5.11 Å². The zero-order valence-electron chi connectivity index (χ0n) is 10.9. The van der Waals surface area contributed by atoms with Crippen molar-refractivity contribution in [2.75, 3.05) is 13.1 Å². The molecule has 2 rings (SSSR count). The minimum atomic E-state index is -4.81. The van der Waals surface area contributed by atoms with Gasteiger partial charge >= 0.3 is 12.1 Å². The third-order valence-corrected chi connectivity index (χ3v) is 3.53. The molecule has 1 N–H and O–H groups in total. The van der Waals surface area contributed by atoms with Crippen LogP contribution in [0.2, 0.25) is 0 Å². The van der Waals surface area contributed by atoms with E-state index in [9.17, 15) is 31.5 Å². The molecule has 4 nitrogen and oxygen atoms in total. The van der Waals surface area contributed by atoms with Crippen LogP contribution in [0.4, 0.5) is 22.0 Å². The van der Waals surface area contributed by atoms with Gasteiger partial charge in [0.2, 0.25) is 0 Å². The highest BCUT2D eigenvalue weighted by Gasteiger charge is 2.53. The summed E-state index contributed by atoms with van der Waals surface area (Å²) < 4.78 is 65.1. The molecule has 1 heterocycles. The summed E-state index contributed by atoms with van der Waals surface area (Å²) in [5.41, 5.74) is -0.730. The van der Waals surface area contributed by atoms with Gasteiger partial charge in [0.25, 0.3) is 5.91 Å². The molecule has 2 atom stereocenters. The van der Waals surface area contributed by atoms with Crippen molar-refractivity contribution in [2.24, 2.45) is 11.8 Å². The van der Waals surface area contributed by atoms with Gasteiger partial charge in [0.15, 0.2) is 11.6 Å². The van der Waals surface area contributed by atoms with Crippen LogP contribution in [0.3, 0.4) is 0 Å². The topological polar surface area (TPSA) is 57.6 Å². The van der Waals surface area contributed by atoms with Crippen molar-refractivity contribution in [3.05, 3.63) is 35.4 Å². The van der Waals surface area contributed by atoms with E-state index in [1.54, 1.807) is 0 Å². The standard InChI is InChI=1S/C13H10F5NO3/c14-9-3-1-2-6(10(9)15)11(20)19-4-7(12(21)22)8(5-19)13(16,17)18/h1-3,7-8H,4-5H2,(H,21,22)/t7-,8-/m1/s1. The van der Waals surface area contributed by atoms with Crippen LogP contribution in [-0.4, -0.2) is 41.1 Å². The maximum Gasteiger partial charge on any atom is 0.394 e. The summed E-state index contributed by atoms with van der Waals surface area (Å²) in [6.07, 6.45) is -4.81. The Labute approximate surface area is 121 Å². The Bertz CT molecular complexity index is 616. The van der Waals surface area contributed by atoms with Gasteiger partial charge in [0.1, 0.15) is 0 Å². The van der Waals surface area contributed by atoms with Gasteiger partial charge in [0, 0.05) is 13.1 Å². The fraction of sp³-hybridized carbons (Fsp3) is 0.385. The normalized spacial score (nSPS) is 22.0. The second kappa shape index (κ2) is 5.54. The summed E-state index contributed by atoms with van der Waals surface area (Å²) >= 11 is 0. The number of amides is 1. The van der Waals surface area contributed by atoms with Crippen molar-refractivity contribution in [3.63, 3.8) is 0 Å². The van der Waals surface area contributed by atoms with Crippen LogP contribution in [0.25, 0.3) is 0 Å².